The maximum Gasteiger partial charge on any atom is 0.350 e. The number of pyridine rings is 1. The van der Waals surface area contributed by atoms with Crippen molar-refractivity contribution >= 4 is 51.0 Å². The molecule has 1 aromatic carbocycles. The van der Waals surface area contributed by atoms with Crippen LogP contribution in [0.15, 0.2) is 44.7 Å². The van der Waals surface area contributed by atoms with E-state index < -0.39 is 11.8 Å². The standard InChI is InChI=1S/C16H15BrF2N2OS2/c1-9-8-12(23-2)13(14(20-9)24-3)21-15(22)16(18,19)10-4-6-11(17)7-5-10/h4-8H,1-3H3,(H,21,22). The second-order valence-corrected chi connectivity index (χ2v) is 7.44. The first-order valence-electron chi connectivity index (χ1n) is 6.84. The molecule has 0 aliphatic rings. The molecule has 1 N–H and O–H groups in total. The number of aromatic nitrogens is 1. The average molecular weight is 433 g/mol. The van der Waals surface area contributed by atoms with Gasteiger partial charge in [-0.2, -0.15) is 8.78 Å². The molecule has 0 saturated heterocycles. The maximum atomic E-state index is 14.5. The van der Waals surface area contributed by atoms with E-state index in [4.69, 9.17) is 0 Å². The number of nitrogens with zero attached hydrogens (tertiary/aromatic N) is 1. The van der Waals surface area contributed by atoms with Gasteiger partial charge in [-0.3, -0.25) is 4.79 Å². The fourth-order valence-corrected chi connectivity index (χ4v) is 3.59. The monoisotopic (exact) mass is 432 g/mol. The number of halogens is 3. The number of amides is 1. The number of carbonyl (C=O) groups excluding carboxylic acids is 1. The molecule has 24 heavy (non-hydrogen) atoms. The van der Waals surface area contributed by atoms with Crippen LogP contribution in [0.1, 0.15) is 11.3 Å². The molecule has 2 aromatic rings. The summed E-state index contributed by atoms with van der Waals surface area (Å²) in [6.45, 7) is 1.82. The molecule has 0 aliphatic carbocycles. The van der Waals surface area contributed by atoms with Gasteiger partial charge in [-0.25, -0.2) is 4.98 Å². The van der Waals surface area contributed by atoms with Gasteiger partial charge in [-0.05, 0) is 37.6 Å². The maximum absolute atomic E-state index is 14.5. The van der Waals surface area contributed by atoms with Crippen LogP contribution in [0, 0.1) is 6.92 Å². The average Bonchev–Trinajstić information content (AvgIpc) is 2.56. The quantitative estimate of drug-likeness (QED) is 0.648. The Kier molecular flexibility index (Phi) is 6.28. The lowest BCUT2D eigenvalue weighted by Gasteiger charge is -2.19. The molecule has 8 heteroatoms. The molecule has 0 spiro atoms. The van der Waals surface area contributed by atoms with Crippen molar-refractivity contribution in [2.24, 2.45) is 0 Å². The molecule has 0 saturated carbocycles. The lowest BCUT2D eigenvalue weighted by atomic mass is 10.1. The van der Waals surface area contributed by atoms with E-state index in [1.165, 1.54) is 47.8 Å². The Morgan fingerprint density at radius 1 is 1.21 bits per heavy atom. The molecule has 0 unspecified atom stereocenters. The zero-order valence-electron chi connectivity index (χ0n) is 13.2. The summed E-state index contributed by atoms with van der Waals surface area (Å²) >= 11 is 5.86. The van der Waals surface area contributed by atoms with Crippen LogP contribution in [0.3, 0.4) is 0 Å². The van der Waals surface area contributed by atoms with E-state index in [9.17, 15) is 13.6 Å². The minimum absolute atomic E-state index is 0.322. The van der Waals surface area contributed by atoms with Crippen LogP contribution in [-0.2, 0) is 10.7 Å². The SMILES string of the molecule is CSc1cc(C)nc(SC)c1NC(=O)C(F)(F)c1ccc(Br)cc1. The van der Waals surface area contributed by atoms with E-state index in [2.05, 4.69) is 26.2 Å². The van der Waals surface area contributed by atoms with E-state index in [-0.39, 0.29) is 5.56 Å². The third-order valence-electron chi connectivity index (χ3n) is 3.22. The number of nitrogens with one attached hydrogen (secondary N) is 1. The molecule has 2 rings (SSSR count). The molecular formula is C16H15BrF2N2OS2. The van der Waals surface area contributed by atoms with Crippen molar-refractivity contribution in [3.63, 3.8) is 0 Å². The van der Waals surface area contributed by atoms with E-state index in [0.29, 0.717) is 20.1 Å². The Labute approximate surface area is 156 Å². The van der Waals surface area contributed by atoms with Gasteiger partial charge in [0, 0.05) is 20.6 Å². The van der Waals surface area contributed by atoms with Gasteiger partial charge in [-0.1, -0.05) is 28.1 Å². The molecule has 0 bridgehead atoms. The highest BCUT2D eigenvalue weighted by molar-refractivity contribution is 9.10. The van der Waals surface area contributed by atoms with Gasteiger partial charge in [0.05, 0.1) is 5.69 Å². The van der Waals surface area contributed by atoms with Crippen molar-refractivity contribution in [2.45, 2.75) is 22.8 Å². The summed E-state index contributed by atoms with van der Waals surface area (Å²) in [4.78, 5) is 17.2. The number of hydrogen-bond donors (Lipinski definition) is 1. The Morgan fingerprint density at radius 2 is 1.83 bits per heavy atom. The third kappa shape index (κ3) is 4.10. The predicted octanol–water partition coefficient (Wildman–Crippen LogP) is 5.33. The van der Waals surface area contributed by atoms with Gasteiger partial charge < -0.3 is 5.32 Å². The molecular weight excluding hydrogens is 418 g/mol. The first-order valence-corrected chi connectivity index (χ1v) is 10.1. The van der Waals surface area contributed by atoms with Crippen molar-refractivity contribution in [1.29, 1.82) is 0 Å². The number of carbonyl (C=O) groups is 1. The van der Waals surface area contributed by atoms with Crippen LogP contribution in [0.25, 0.3) is 0 Å². The number of aryl methyl sites for hydroxylation is 1. The number of rotatable bonds is 5. The number of benzene rings is 1. The Balaban J connectivity index is 2.36. The summed E-state index contributed by atoms with van der Waals surface area (Å²) < 4.78 is 29.6. The zero-order chi connectivity index (χ0) is 17.9. The smallest absolute Gasteiger partial charge is 0.317 e. The number of thioether (sulfide) groups is 2. The molecule has 1 heterocycles. The summed E-state index contributed by atoms with van der Waals surface area (Å²) in [5.74, 6) is -5.02. The number of anilines is 1. The molecule has 0 fully saturated rings. The zero-order valence-corrected chi connectivity index (χ0v) is 16.4. The van der Waals surface area contributed by atoms with Crippen LogP contribution >= 0.6 is 39.5 Å². The van der Waals surface area contributed by atoms with Crippen molar-refractivity contribution in [3.05, 3.63) is 46.1 Å². The normalized spacial score (nSPS) is 11.4. The topological polar surface area (TPSA) is 42.0 Å². The van der Waals surface area contributed by atoms with Gasteiger partial charge in [0.25, 0.3) is 5.91 Å². The van der Waals surface area contributed by atoms with E-state index in [0.717, 1.165) is 5.69 Å². The largest absolute Gasteiger partial charge is 0.350 e. The minimum Gasteiger partial charge on any atom is -0.317 e. The lowest BCUT2D eigenvalue weighted by Crippen LogP contribution is -2.32. The summed E-state index contributed by atoms with van der Waals surface area (Å²) in [5, 5.41) is 2.87. The number of hydrogen-bond acceptors (Lipinski definition) is 4. The van der Waals surface area contributed by atoms with Crippen molar-refractivity contribution in [1.82, 2.24) is 4.98 Å². The first-order chi connectivity index (χ1) is 11.3. The van der Waals surface area contributed by atoms with Gasteiger partial charge in [-0.15, -0.1) is 23.5 Å². The molecule has 1 amide bonds. The van der Waals surface area contributed by atoms with Crippen molar-refractivity contribution in [2.75, 3.05) is 17.8 Å². The molecule has 0 atom stereocenters. The molecule has 0 radical (unpaired) electrons. The lowest BCUT2D eigenvalue weighted by molar-refractivity contribution is -0.141. The number of alkyl halides is 2. The predicted molar refractivity (Wildman–Crippen MR) is 99.2 cm³/mol. The summed E-state index contributed by atoms with van der Waals surface area (Å²) in [5.41, 5.74) is 0.725. The second kappa shape index (κ2) is 7.84. The highest BCUT2D eigenvalue weighted by atomic mass is 79.9. The van der Waals surface area contributed by atoms with Gasteiger partial charge >= 0.3 is 5.92 Å². The second-order valence-electron chi connectivity index (χ2n) is 4.89. The van der Waals surface area contributed by atoms with Gasteiger partial charge in [0.2, 0.25) is 0 Å². The van der Waals surface area contributed by atoms with E-state index >= 15 is 0 Å². The molecule has 1 aromatic heterocycles. The third-order valence-corrected chi connectivity index (χ3v) is 5.19. The fraction of sp³-hybridized carbons (Fsp3) is 0.250. The summed E-state index contributed by atoms with van der Waals surface area (Å²) in [6, 6.07) is 7.16. The molecule has 128 valence electrons. The van der Waals surface area contributed by atoms with Crippen LogP contribution in [-0.4, -0.2) is 23.4 Å². The van der Waals surface area contributed by atoms with E-state index in [1.807, 2.05) is 13.2 Å². The van der Waals surface area contributed by atoms with Crippen molar-refractivity contribution < 1.29 is 13.6 Å². The van der Waals surface area contributed by atoms with Crippen LogP contribution in [0.4, 0.5) is 14.5 Å². The van der Waals surface area contributed by atoms with Crippen LogP contribution < -0.4 is 5.32 Å². The van der Waals surface area contributed by atoms with E-state index in [1.54, 1.807) is 12.3 Å². The van der Waals surface area contributed by atoms with Crippen LogP contribution in [0.5, 0.6) is 0 Å². The van der Waals surface area contributed by atoms with Gasteiger partial charge in [0.15, 0.2) is 0 Å². The first kappa shape index (κ1) is 19.2. The highest BCUT2D eigenvalue weighted by Gasteiger charge is 2.41. The van der Waals surface area contributed by atoms with Crippen LogP contribution in [0.2, 0.25) is 0 Å². The highest BCUT2D eigenvalue weighted by Crippen LogP contribution is 2.36. The fourth-order valence-electron chi connectivity index (χ4n) is 2.02. The molecule has 0 aliphatic heterocycles. The van der Waals surface area contributed by atoms with Gasteiger partial charge in [0.1, 0.15) is 5.03 Å². The summed E-state index contributed by atoms with van der Waals surface area (Å²) in [6.07, 6.45) is 3.61. The summed E-state index contributed by atoms with van der Waals surface area (Å²) in [7, 11) is 0. The van der Waals surface area contributed by atoms with Crippen molar-refractivity contribution in [3.8, 4) is 0 Å². The minimum atomic E-state index is -3.64. The Bertz CT molecular complexity index is 729. The Morgan fingerprint density at radius 3 is 2.38 bits per heavy atom. The Hall–Kier alpha value is -1.12. The molecule has 3 nitrogen and oxygen atoms in total.